The largest absolute Gasteiger partial charge is 0.274 e. The zero-order valence-electron chi connectivity index (χ0n) is 13.1. The molecular weight excluding hydrogens is 404 g/mol. The molecule has 0 saturated heterocycles. The van der Waals surface area contributed by atoms with Gasteiger partial charge in [-0.2, -0.15) is 0 Å². The first-order valence-corrected chi connectivity index (χ1v) is 9.98. The summed E-state index contributed by atoms with van der Waals surface area (Å²) in [5.74, 6) is -0.858. The zero-order valence-corrected chi connectivity index (χ0v) is 15.5. The van der Waals surface area contributed by atoms with Crippen LogP contribution in [-0.4, -0.2) is 19.3 Å². The summed E-state index contributed by atoms with van der Waals surface area (Å²) < 4.78 is 27.7. The second-order valence-electron chi connectivity index (χ2n) is 5.58. The molecule has 0 aliphatic rings. The number of hydrogen-bond donors (Lipinski definition) is 1. The molecule has 25 heavy (non-hydrogen) atoms. The first-order valence-electron chi connectivity index (χ1n) is 7.53. The number of carbonyl (C=O) groups excluding carboxylic acids is 1. The summed E-state index contributed by atoms with van der Waals surface area (Å²) in [6.07, 6.45) is 1.62. The molecule has 1 amide bonds. The average molecular weight is 419 g/mol. The summed E-state index contributed by atoms with van der Waals surface area (Å²) in [4.78, 5) is 16.3. The molecule has 1 heterocycles. The number of pyridine rings is 1. The molecule has 0 bridgehead atoms. The van der Waals surface area contributed by atoms with E-state index in [1.54, 1.807) is 48.7 Å². The van der Waals surface area contributed by atoms with Crippen LogP contribution in [0.3, 0.4) is 0 Å². The van der Waals surface area contributed by atoms with Gasteiger partial charge < -0.3 is 0 Å². The van der Waals surface area contributed by atoms with Crippen molar-refractivity contribution < 1.29 is 13.2 Å². The van der Waals surface area contributed by atoms with Gasteiger partial charge in [0.25, 0.3) is 0 Å². The highest BCUT2D eigenvalue weighted by Gasteiger charge is 2.17. The highest BCUT2D eigenvalue weighted by atomic mass is 79.9. The van der Waals surface area contributed by atoms with Gasteiger partial charge in [-0.15, -0.1) is 0 Å². The van der Waals surface area contributed by atoms with Gasteiger partial charge >= 0.3 is 0 Å². The number of fused-ring (bicyclic) bond motifs is 1. The average Bonchev–Trinajstić information content (AvgIpc) is 2.56. The molecule has 0 aliphatic carbocycles. The molecule has 1 N–H and O–H groups in total. The van der Waals surface area contributed by atoms with Crippen LogP contribution in [0.15, 0.2) is 65.3 Å². The molecule has 2 aromatic carbocycles. The van der Waals surface area contributed by atoms with Crippen LogP contribution in [0.1, 0.15) is 11.1 Å². The zero-order chi connectivity index (χ0) is 17.9. The SMILES string of the molecule is O=C(Cc1ccc(Br)cc1)NS(=O)(=O)Cc1cccc2cccnc12. The van der Waals surface area contributed by atoms with E-state index >= 15 is 0 Å². The summed E-state index contributed by atoms with van der Waals surface area (Å²) in [6.45, 7) is 0. The fourth-order valence-corrected chi connectivity index (χ4v) is 3.92. The Morgan fingerprint density at radius 3 is 2.52 bits per heavy atom. The van der Waals surface area contributed by atoms with Crippen molar-refractivity contribution in [2.24, 2.45) is 0 Å². The van der Waals surface area contributed by atoms with E-state index in [-0.39, 0.29) is 12.2 Å². The Balaban J connectivity index is 1.73. The molecule has 0 saturated carbocycles. The smallest absolute Gasteiger partial charge is 0.239 e. The van der Waals surface area contributed by atoms with Crippen molar-refractivity contribution in [1.29, 1.82) is 0 Å². The molecule has 0 fully saturated rings. The Hall–Kier alpha value is -2.25. The fraction of sp³-hybridized carbons (Fsp3) is 0.111. The number of carbonyl (C=O) groups is 1. The number of nitrogens with zero attached hydrogens (tertiary/aromatic N) is 1. The van der Waals surface area contributed by atoms with Crippen molar-refractivity contribution in [3.05, 3.63) is 76.4 Å². The lowest BCUT2D eigenvalue weighted by molar-refractivity contribution is -0.118. The van der Waals surface area contributed by atoms with Crippen molar-refractivity contribution in [1.82, 2.24) is 9.71 Å². The van der Waals surface area contributed by atoms with E-state index in [1.165, 1.54) is 0 Å². The van der Waals surface area contributed by atoms with Gasteiger partial charge in [-0.1, -0.05) is 52.3 Å². The summed E-state index contributed by atoms with van der Waals surface area (Å²) >= 11 is 3.31. The Kier molecular flexibility index (Phi) is 5.15. The lowest BCUT2D eigenvalue weighted by atomic mass is 10.1. The molecule has 3 rings (SSSR count). The molecule has 0 atom stereocenters. The lowest BCUT2D eigenvalue weighted by Gasteiger charge is -2.09. The first-order chi connectivity index (χ1) is 11.9. The Morgan fingerprint density at radius 1 is 1.04 bits per heavy atom. The van der Waals surface area contributed by atoms with Gasteiger partial charge in [-0.05, 0) is 29.3 Å². The summed E-state index contributed by atoms with van der Waals surface area (Å²) in [5, 5.41) is 0.858. The van der Waals surface area contributed by atoms with Gasteiger partial charge in [0, 0.05) is 16.1 Å². The van der Waals surface area contributed by atoms with Crippen LogP contribution in [0, 0.1) is 0 Å². The van der Waals surface area contributed by atoms with E-state index in [0.717, 1.165) is 15.4 Å². The quantitative estimate of drug-likeness (QED) is 0.689. The van der Waals surface area contributed by atoms with Crippen LogP contribution in [-0.2, 0) is 27.0 Å². The summed E-state index contributed by atoms with van der Waals surface area (Å²) in [5.41, 5.74) is 1.92. The number of para-hydroxylation sites is 1. The third kappa shape index (κ3) is 4.64. The van der Waals surface area contributed by atoms with E-state index in [2.05, 4.69) is 25.6 Å². The highest BCUT2D eigenvalue weighted by molar-refractivity contribution is 9.10. The minimum absolute atomic E-state index is 0.000295. The Bertz CT molecular complexity index is 1010. The van der Waals surface area contributed by atoms with Gasteiger partial charge in [0.1, 0.15) is 0 Å². The van der Waals surface area contributed by atoms with Crippen LogP contribution in [0.2, 0.25) is 0 Å². The second kappa shape index (κ2) is 7.33. The molecule has 7 heteroatoms. The standard InChI is InChI=1S/C18H15BrN2O3S/c19-16-8-6-13(7-9-16)11-17(22)21-25(23,24)12-15-4-1-3-14-5-2-10-20-18(14)15/h1-10H,11-12H2,(H,21,22). The topological polar surface area (TPSA) is 76.1 Å². The van der Waals surface area contributed by atoms with Crippen LogP contribution >= 0.6 is 15.9 Å². The molecule has 5 nitrogen and oxygen atoms in total. The molecule has 1 aromatic heterocycles. The van der Waals surface area contributed by atoms with Crippen molar-refractivity contribution in [2.45, 2.75) is 12.2 Å². The lowest BCUT2D eigenvalue weighted by Crippen LogP contribution is -2.32. The van der Waals surface area contributed by atoms with Crippen LogP contribution in [0.25, 0.3) is 10.9 Å². The molecule has 0 aliphatic heterocycles. The number of amides is 1. The van der Waals surface area contributed by atoms with Gasteiger partial charge in [-0.3, -0.25) is 14.5 Å². The minimum Gasteiger partial charge on any atom is -0.274 e. The van der Waals surface area contributed by atoms with E-state index in [4.69, 9.17) is 0 Å². The molecule has 128 valence electrons. The number of nitrogens with one attached hydrogen (secondary N) is 1. The second-order valence-corrected chi connectivity index (χ2v) is 8.22. The number of aromatic nitrogens is 1. The third-order valence-electron chi connectivity index (χ3n) is 3.61. The first kappa shape index (κ1) is 17.6. The normalized spacial score (nSPS) is 11.4. The van der Waals surface area contributed by atoms with E-state index in [1.807, 2.05) is 12.1 Å². The van der Waals surface area contributed by atoms with Crippen LogP contribution in [0.5, 0.6) is 0 Å². The molecule has 3 aromatic rings. The maximum Gasteiger partial charge on any atom is 0.239 e. The van der Waals surface area contributed by atoms with Gasteiger partial charge in [0.05, 0.1) is 17.7 Å². The molecule has 0 radical (unpaired) electrons. The van der Waals surface area contributed by atoms with Gasteiger partial charge in [0.2, 0.25) is 15.9 Å². The third-order valence-corrected chi connectivity index (χ3v) is 5.37. The van der Waals surface area contributed by atoms with E-state index in [0.29, 0.717) is 11.1 Å². The predicted molar refractivity (Wildman–Crippen MR) is 100 cm³/mol. The predicted octanol–water partition coefficient (Wildman–Crippen LogP) is 3.19. The van der Waals surface area contributed by atoms with Gasteiger partial charge in [0.15, 0.2) is 0 Å². The van der Waals surface area contributed by atoms with Crippen LogP contribution < -0.4 is 4.72 Å². The number of sulfonamides is 1. The Labute approximate surface area is 154 Å². The number of hydrogen-bond acceptors (Lipinski definition) is 4. The fourth-order valence-electron chi connectivity index (χ4n) is 2.52. The van der Waals surface area contributed by atoms with E-state index < -0.39 is 15.9 Å². The minimum atomic E-state index is -3.80. The maximum atomic E-state index is 12.3. The molecule has 0 spiro atoms. The molecular formula is C18H15BrN2O3S. The number of rotatable bonds is 5. The summed E-state index contributed by atoms with van der Waals surface area (Å²) in [6, 6.07) is 16.1. The highest BCUT2D eigenvalue weighted by Crippen LogP contribution is 2.18. The van der Waals surface area contributed by atoms with Crippen molar-refractivity contribution in [2.75, 3.05) is 0 Å². The van der Waals surface area contributed by atoms with Crippen molar-refractivity contribution in [3.63, 3.8) is 0 Å². The van der Waals surface area contributed by atoms with Crippen LogP contribution in [0.4, 0.5) is 0 Å². The maximum absolute atomic E-state index is 12.3. The van der Waals surface area contributed by atoms with Crippen molar-refractivity contribution in [3.8, 4) is 0 Å². The number of benzene rings is 2. The Morgan fingerprint density at radius 2 is 1.76 bits per heavy atom. The number of halogens is 1. The molecule has 0 unspecified atom stereocenters. The van der Waals surface area contributed by atoms with E-state index in [9.17, 15) is 13.2 Å². The van der Waals surface area contributed by atoms with Gasteiger partial charge in [-0.25, -0.2) is 8.42 Å². The monoisotopic (exact) mass is 418 g/mol. The summed E-state index contributed by atoms with van der Waals surface area (Å²) in [7, 11) is -3.80. The van der Waals surface area contributed by atoms with Crippen molar-refractivity contribution >= 4 is 42.8 Å².